The number of benzene rings is 1. The van der Waals surface area contributed by atoms with Crippen LogP contribution in [0.4, 0.5) is 0 Å². The second kappa shape index (κ2) is 11.0. The number of nitrogens with one attached hydrogen (secondary N) is 2. The highest BCUT2D eigenvalue weighted by Gasteiger charge is 2.08. The van der Waals surface area contributed by atoms with E-state index in [1.807, 2.05) is 48.9 Å². The zero-order valence-corrected chi connectivity index (χ0v) is 23.8. The van der Waals surface area contributed by atoms with E-state index < -0.39 is 10.1 Å². The summed E-state index contributed by atoms with van der Waals surface area (Å²) < 4.78 is 33.2. The van der Waals surface area contributed by atoms with Crippen LogP contribution >= 0.6 is 0 Å². The lowest BCUT2D eigenvalue weighted by Crippen LogP contribution is -2.25. The molecule has 4 aromatic heterocycles. The van der Waals surface area contributed by atoms with Crippen molar-refractivity contribution in [2.45, 2.75) is 11.8 Å². The van der Waals surface area contributed by atoms with Crippen LogP contribution in [0, 0.1) is 6.92 Å². The summed E-state index contributed by atoms with van der Waals surface area (Å²) in [6.07, 6.45) is 12.3. The van der Waals surface area contributed by atoms with Crippen LogP contribution in [0.2, 0.25) is 0 Å². The minimum atomic E-state index is -4.27. The number of aryl methyl sites for hydroxylation is 2. The van der Waals surface area contributed by atoms with Gasteiger partial charge in [0.15, 0.2) is 12.4 Å². The second-order valence-corrected chi connectivity index (χ2v) is 11.5. The molecule has 42 heavy (non-hydrogen) atoms. The smallest absolute Gasteiger partial charge is 0.169 e. The molecule has 7 rings (SSSR count). The predicted octanol–water partition coefficient (Wildman–Crippen LogP) is 6.05. The number of rotatable bonds is 2. The van der Waals surface area contributed by atoms with Gasteiger partial charge in [-0.05, 0) is 91.4 Å². The fraction of sp³-hybridized carbons (Fsp3) is 0.0606. The number of nitrogens with zero attached hydrogens (tertiary/aromatic N) is 3. The van der Waals surface area contributed by atoms with Crippen LogP contribution in [0.1, 0.15) is 28.3 Å². The van der Waals surface area contributed by atoms with Crippen LogP contribution in [0.15, 0.2) is 96.2 Å². The highest BCUT2D eigenvalue weighted by atomic mass is 32.2. The van der Waals surface area contributed by atoms with Crippen molar-refractivity contribution < 1.29 is 17.5 Å². The summed E-state index contributed by atoms with van der Waals surface area (Å²) in [6, 6.07) is 24.6. The van der Waals surface area contributed by atoms with Crippen molar-refractivity contribution in [1.29, 1.82) is 0 Å². The molecule has 8 bridgehead atoms. The lowest BCUT2D eigenvalue weighted by molar-refractivity contribution is -0.671. The molecule has 9 heteroatoms. The van der Waals surface area contributed by atoms with Gasteiger partial charge in [-0.2, -0.15) is 0 Å². The fourth-order valence-electron chi connectivity index (χ4n) is 4.64. The van der Waals surface area contributed by atoms with E-state index in [0.29, 0.717) is 0 Å². The van der Waals surface area contributed by atoms with E-state index >= 15 is 0 Å². The van der Waals surface area contributed by atoms with Crippen molar-refractivity contribution in [1.82, 2.24) is 19.9 Å². The molecule has 0 saturated heterocycles. The van der Waals surface area contributed by atoms with Gasteiger partial charge in [-0.15, -0.1) is 0 Å². The first kappa shape index (κ1) is 27.1. The topological polar surface area (TPSA) is 118 Å². The third-order valence-corrected chi connectivity index (χ3v) is 7.62. The normalized spacial score (nSPS) is 12.2. The molecule has 0 fully saturated rings. The van der Waals surface area contributed by atoms with E-state index in [-0.39, 0.29) is 4.90 Å². The van der Waals surface area contributed by atoms with Crippen molar-refractivity contribution >= 4 is 56.5 Å². The van der Waals surface area contributed by atoms with Gasteiger partial charge in [-0.1, -0.05) is 17.7 Å². The van der Waals surface area contributed by atoms with Crippen LogP contribution in [0.3, 0.4) is 0 Å². The molecule has 1 aromatic carbocycles. The maximum absolute atomic E-state index is 10.4. The number of hydrogen-bond acceptors (Lipinski definition) is 5. The van der Waals surface area contributed by atoms with E-state index in [2.05, 4.69) is 70.9 Å². The van der Waals surface area contributed by atoms with E-state index in [4.69, 9.17) is 9.97 Å². The minimum absolute atomic E-state index is 0.178. The van der Waals surface area contributed by atoms with Crippen LogP contribution in [0.5, 0.6) is 0 Å². The molecule has 8 nitrogen and oxygen atoms in total. The standard InChI is InChI=1S/C26H19N5.C7H8O3S/c1-31-10-8-17(9-11-31)25-15-24-14-22-5-4-20(28-22)12-18-2-3-19(27-18)13-21-6-7-23(29-21)16-26(25)30-24;1-6-2-4-7(5-3-6)11(8,9)10/h2-16H,1H3,(H,27,28,29,30);2-5H,1H3,(H,8,9,10). The molecule has 0 aliphatic carbocycles. The number of pyridine rings is 1. The van der Waals surface area contributed by atoms with Gasteiger partial charge in [0.1, 0.15) is 17.2 Å². The summed E-state index contributed by atoms with van der Waals surface area (Å²) in [7, 11) is -2.25. The SMILES string of the molecule is C[n+]1ccc(-c2cc3cc4nc(cc5ccc(cc6nc(cc2[nH]3)C=C6)[nH]5)C=C4)cc1.Cc1ccc(S(=O)(=O)[O-])cc1. The Hall–Kier alpha value is -5.12. The molecule has 0 spiro atoms. The molecule has 0 unspecified atom stereocenters. The molecule has 2 aliphatic heterocycles. The van der Waals surface area contributed by atoms with Gasteiger partial charge in [-0.25, -0.2) is 23.0 Å². The largest absolute Gasteiger partial charge is 0.744 e. The molecule has 5 aromatic rings. The van der Waals surface area contributed by atoms with E-state index in [1.165, 1.54) is 12.1 Å². The second-order valence-electron chi connectivity index (χ2n) is 10.1. The Morgan fingerprint density at radius 1 is 0.667 bits per heavy atom. The van der Waals surface area contributed by atoms with Crippen LogP contribution in [-0.4, -0.2) is 32.9 Å². The molecule has 208 valence electrons. The highest BCUT2D eigenvalue weighted by molar-refractivity contribution is 7.85. The number of H-pyrrole nitrogens is 2. The molecule has 0 atom stereocenters. The number of hydrogen-bond donors (Lipinski definition) is 2. The monoisotopic (exact) mass is 573 g/mol. The maximum atomic E-state index is 10.4. The molecule has 2 N–H and O–H groups in total. The first-order valence-electron chi connectivity index (χ1n) is 13.2. The highest BCUT2D eigenvalue weighted by Crippen LogP contribution is 2.27. The Morgan fingerprint density at radius 3 is 1.74 bits per heavy atom. The summed E-state index contributed by atoms with van der Waals surface area (Å²) in [5.74, 6) is 0. The third kappa shape index (κ3) is 6.27. The lowest BCUT2D eigenvalue weighted by atomic mass is 10.1. The molecule has 0 radical (unpaired) electrons. The first-order valence-corrected chi connectivity index (χ1v) is 14.7. The number of fused-ring (bicyclic) bond motifs is 8. The molecule has 6 heterocycles. The zero-order chi connectivity index (χ0) is 29.3. The van der Waals surface area contributed by atoms with Crippen molar-refractivity contribution in [2.75, 3.05) is 0 Å². The quantitative estimate of drug-likeness (QED) is 0.193. The summed E-state index contributed by atoms with van der Waals surface area (Å²) in [6.45, 7) is 1.82. The maximum Gasteiger partial charge on any atom is 0.169 e. The number of aromatic nitrogens is 5. The third-order valence-electron chi connectivity index (χ3n) is 6.77. The van der Waals surface area contributed by atoms with Crippen LogP contribution in [0.25, 0.3) is 57.5 Å². The van der Waals surface area contributed by atoms with Gasteiger partial charge >= 0.3 is 0 Å². The van der Waals surface area contributed by atoms with Crippen molar-refractivity contribution in [3.8, 4) is 11.1 Å². The van der Waals surface area contributed by atoms with E-state index in [0.717, 1.165) is 61.5 Å². The fourth-order valence-corrected chi connectivity index (χ4v) is 5.11. The summed E-state index contributed by atoms with van der Waals surface area (Å²) >= 11 is 0. The van der Waals surface area contributed by atoms with Gasteiger partial charge in [-0.3, -0.25) is 0 Å². The average molecular weight is 574 g/mol. The van der Waals surface area contributed by atoms with Crippen molar-refractivity contribution in [3.05, 3.63) is 120 Å². The Labute approximate surface area is 243 Å². The van der Waals surface area contributed by atoms with Gasteiger partial charge in [0.25, 0.3) is 0 Å². The van der Waals surface area contributed by atoms with Gasteiger partial charge in [0.2, 0.25) is 0 Å². The summed E-state index contributed by atoms with van der Waals surface area (Å²) in [5, 5.41) is 0. The Kier molecular flexibility index (Phi) is 7.12. The van der Waals surface area contributed by atoms with Crippen LogP contribution < -0.4 is 4.57 Å². The molecule has 0 saturated carbocycles. The Bertz CT molecular complexity index is 2120. The lowest BCUT2D eigenvalue weighted by Gasteiger charge is -2.05. The molecular weight excluding hydrogens is 546 g/mol. The Balaban J connectivity index is 0.000000244. The summed E-state index contributed by atoms with van der Waals surface area (Å²) in [4.78, 5) is 16.3. The number of aromatic amines is 2. The minimum Gasteiger partial charge on any atom is -0.744 e. The van der Waals surface area contributed by atoms with E-state index in [9.17, 15) is 13.0 Å². The van der Waals surface area contributed by atoms with Crippen LogP contribution in [-0.2, 0) is 17.2 Å². The predicted molar refractivity (Wildman–Crippen MR) is 165 cm³/mol. The van der Waals surface area contributed by atoms with Gasteiger partial charge in [0.05, 0.1) is 27.7 Å². The summed E-state index contributed by atoms with van der Waals surface area (Å²) in [5.41, 5.74) is 11.0. The van der Waals surface area contributed by atoms with Crippen molar-refractivity contribution in [3.63, 3.8) is 0 Å². The first-order chi connectivity index (χ1) is 20.2. The van der Waals surface area contributed by atoms with E-state index in [1.54, 1.807) is 12.1 Å². The molecule has 0 amide bonds. The average Bonchev–Trinajstić information content (AvgIpc) is 3.75. The van der Waals surface area contributed by atoms with Crippen molar-refractivity contribution in [2.24, 2.45) is 7.05 Å². The van der Waals surface area contributed by atoms with Gasteiger partial charge in [0, 0.05) is 39.8 Å². The van der Waals surface area contributed by atoms with Gasteiger partial charge < -0.3 is 14.5 Å². The molecular formula is C33H27N5O3S. The molecule has 2 aliphatic rings. The zero-order valence-electron chi connectivity index (χ0n) is 22.9. The Morgan fingerprint density at radius 2 is 1.19 bits per heavy atom.